The summed E-state index contributed by atoms with van der Waals surface area (Å²) in [4.78, 5) is 48.7. The number of hydrogen-bond acceptors (Lipinski definition) is 10. The van der Waals surface area contributed by atoms with E-state index < -0.39 is 57.8 Å². The van der Waals surface area contributed by atoms with Crippen molar-refractivity contribution in [2.75, 3.05) is 26.4 Å². The van der Waals surface area contributed by atoms with E-state index in [4.69, 9.17) is 23.3 Å². The number of aliphatic hydroxyl groups is 1. The third kappa shape index (κ3) is 55.9. The van der Waals surface area contributed by atoms with Gasteiger partial charge < -0.3 is 24.2 Å². The van der Waals surface area contributed by atoms with Gasteiger partial charge >= 0.3 is 25.7 Å². The maximum absolute atomic E-state index is 12.9. The summed E-state index contributed by atoms with van der Waals surface area (Å²) in [7, 11) is -4.76. The molecule has 3 unspecified atom stereocenters. The number of allylic oxidation sites excluding steroid dienone is 10. The van der Waals surface area contributed by atoms with E-state index in [-0.39, 0.29) is 25.9 Å². The number of hydrogen-bond donors (Lipinski definition) is 2. The van der Waals surface area contributed by atoms with Crippen LogP contribution in [0, 0.1) is 0 Å². The zero-order valence-corrected chi connectivity index (χ0v) is 49.9. The van der Waals surface area contributed by atoms with Gasteiger partial charge in [-0.3, -0.25) is 23.4 Å². The number of aliphatic hydroxyl groups excluding tert-OH is 1. The van der Waals surface area contributed by atoms with Crippen LogP contribution in [0.5, 0.6) is 0 Å². The lowest BCUT2D eigenvalue weighted by Gasteiger charge is -2.21. The molecule has 0 rings (SSSR count). The molecule has 2 N–H and O–H groups in total. The average molecular weight is 1090 g/mol. The normalized spacial score (nSPS) is 13.7. The first-order valence-electron chi connectivity index (χ1n) is 31.2. The van der Waals surface area contributed by atoms with Crippen LogP contribution in [0.2, 0.25) is 0 Å². The Kier molecular flexibility index (Phi) is 56.2. The Morgan fingerprint density at radius 1 is 0.382 bits per heavy atom. The van der Waals surface area contributed by atoms with Gasteiger partial charge in [0.1, 0.15) is 12.7 Å². The zero-order chi connectivity index (χ0) is 55.5. The summed E-state index contributed by atoms with van der Waals surface area (Å²) in [5.41, 5.74) is 0. The third-order valence-corrected chi connectivity index (χ3v) is 14.3. The number of unbranched alkanes of at least 4 members (excludes halogenated alkanes) is 31. The molecule has 11 nitrogen and oxygen atoms in total. The van der Waals surface area contributed by atoms with E-state index in [1.165, 1.54) is 122 Å². The first-order chi connectivity index (χ1) is 37.2. The summed E-state index contributed by atoms with van der Waals surface area (Å²) in [5.74, 6) is -1.48. The van der Waals surface area contributed by atoms with Gasteiger partial charge in [-0.1, -0.05) is 229 Å². The quantitative estimate of drug-likeness (QED) is 0.0197. The van der Waals surface area contributed by atoms with Gasteiger partial charge in [0.25, 0.3) is 0 Å². The lowest BCUT2D eigenvalue weighted by atomic mass is 10.1. The monoisotopic (exact) mass is 1090 g/mol. The molecule has 442 valence electrons. The predicted molar refractivity (Wildman–Crippen MR) is 316 cm³/mol. The molecule has 76 heavy (non-hydrogen) atoms. The van der Waals surface area contributed by atoms with Crippen molar-refractivity contribution in [2.24, 2.45) is 0 Å². The molecule has 0 heterocycles. The van der Waals surface area contributed by atoms with Gasteiger partial charge in [-0.2, -0.15) is 0 Å². The molecule has 0 fully saturated rings. The molecular formula is C64H115O11P. The Labute approximate surface area is 465 Å². The van der Waals surface area contributed by atoms with E-state index in [1.807, 2.05) is 0 Å². The van der Waals surface area contributed by atoms with Crippen molar-refractivity contribution >= 4 is 25.7 Å². The number of phosphoric acid groups is 1. The van der Waals surface area contributed by atoms with Gasteiger partial charge in [0, 0.05) is 19.3 Å². The minimum absolute atomic E-state index is 0.147. The second kappa shape index (κ2) is 58.3. The maximum atomic E-state index is 12.9. The van der Waals surface area contributed by atoms with Crippen molar-refractivity contribution in [1.29, 1.82) is 0 Å². The topological polar surface area (TPSA) is 155 Å². The molecule has 3 atom stereocenters. The number of esters is 3. The number of phosphoric ester groups is 1. The Hall–Kier alpha value is -2.82. The average Bonchev–Trinajstić information content (AvgIpc) is 3.41. The molecule has 0 saturated heterocycles. The molecule has 0 aliphatic heterocycles. The van der Waals surface area contributed by atoms with E-state index in [0.717, 1.165) is 109 Å². The molecule has 0 saturated carbocycles. The fraction of sp³-hybridized carbons (Fsp3) is 0.797. The maximum Gasteiger partial charge on any atom is 0.472 e. The summed E-state index contributed by atoms with van der Waals surface area (Å²) < 4.78 is 39.6. The Morgan fingerprint density at radius 2 is 0.684 bits per heavy atom. The lowest BCUT2D eigenvalue weighted by molar-refractivity contribution is -0.161. The van der Waals surface area contributed by atoms with Crippen molar-refractivity contribution in [3.63, 3.8) is 0 Å². The molecule has 0 bridgehead atoms. The number of carbonyl (C=O) groups is 3. The van der Waals surface area contributed by atoms with Crippen LogP contribution >= 0.6 is 7.82 Å². The highest BCUT2D eigenvalue weighted by Crippen LogP contribution is 2.43. The molecule has 0 radical (unpaired) electrons. The van der Waals surface area contributed by atoms with Crippen LogP contribution in [0.4, 0.5) is 0 Å². The van der Waals surface area contributed by atoms with Gasteiger partial charge in [-0.15, -0.1) is 0 Å². The number of carbonyl (C=O) groups excluding carboxylic acids is 3. The largest absolute Gasteiger partial charge is 0.472 e. The first kappa shape index (κ1) is 73.2. The zero-order valence-electron chi connectivity index (χ0n) is 49.0. The van der Waals surface area contributed by atoms with Crippen LogP contribution in [-0.2, 0) is 42.2 Å². The van der Waals surface area contributed by atoms with Crippen molar-refractivity contribution in [1.82, 2.24) is 0 Å². The van der Waals surface area contributed by atoms with E-state index >= 15 is 0 Å². The van der Waals surface area contributed by atoms with Crippen LogP contribution in [0.25, 0.3) is 0 Å². The molecule has 0 aromatic heterocycles. The second-order valence-corrected chi connectivity index (χ2v) is 22.3. The molecule has 0 amide bonds. The highest BCUT2D eigenvalue weighted by molar-refractivity contribution is 7.47. The third-order valence-electron chi connectivity index (χ3n) is 13.4. The van der Waals surface area contributed by atoms with Crippen molar-refractivity contribution < 1.29 is 52.2 Å². The Balaban J connectivity index is 4.70. The van der Waals surface area contributed by atoms with Crippen LogP contribution < -0.4 is 0 Å². The molecule has 0 aromatic carbocycles. The highest BCUT2D eigenvalue weighted by atomic mass is 31.2. The van der Waals surface area contributed by atoms with Crippen LogP contribution in [-0.4, -0.2) is 66.5 Å². The molecule has 0 aromatic rings. The fourth-order valence-electron chi connectivity index (χ4n) is 8.66. The van der Waals surface area contributed by atoms with E-state index in [9.17, 15) is 28.9 Å². The van der Waals surface area contributed by atoms with Gasteiger partial charge in [0.05, 0.1) is 19.8 Å². The molecular weight excluding hydrogens is 976 g/mol. The first-order valence-corrected chi connectivity index (χ1v) is 32.7. The number of ether oxygens (including phenoxy) is 3. The standard InChI is InChI=1S/C64H115O11P/c1-4-7-10-13-16-19-22-25-28-29-30-31-34-35-38-41-44-47-50-53-62(66)71-57-61(75-64(68)55-52-49-46-43-40-37-33-27-24-21-18-15-12-9-6-3)59-73-76(69,70)72-58-60(56-65)74-63(67)54-51-48-45-42-39-36-32-26-23-20-17-14-11-8-5-2/h9,12,18,21,25-28,32-33,60-61,65H,4-8,10-11,13-17,19-20,22-24,29-31,34-59H2,1-3H3,(H,69,70)/b12-9-,21-18-,28-25-,32-26-,33-27-. The van der Waals surface area contributed by atoms with E-state index in [2.05, 4.69) is 81.5 Å². The van der Waals surface area contributed by atoms with Gasteiger partial charge in [0.2, 0.25) is 0 Å². The van der Waals surface area contributed by atoms with Crippen molar-refractivity contribution in [3.05, 3.63) is 60.8 Å². The Morgan fingerprint density at radius 3 is 1.07 bits per heavy atom. The van der Waals surface area contributed by atoms with Crippen molar-refractivity contribution in [3.8, 4) is 0 Å². The molecule has 12 heteroatoms. The van der Waals surface area contributed by atoms with E-state index in [1.54, 1.807) is 0 Å². The van der Waals surface area contributed by atoms with Crippen LogP contribution in [0.1, 0.15) is 290 Å². The van der Waals surface area contributed by atoms with Gasteiger partial charge in [0.15, 0.2) is 6.10 Å². The van der Waals surface area contributed by atoms with Crippen molar-refractivity contribution in [2.45, 2.75) is 303 Å². The highest BCUT2D eigenvalue weighted by Gasteiger charge is 2.28. The Bertz CT molecular complexity index is 1510. The number of rotatable bonds is 58. The molecule has 0 aliphatic rings. The second-order valence-electron chi connectivity index (χ2n) is 20.8. The van der Waals surface area contributed by atoms with Crippen LogP contribution in [0.3, 0.4) is 0 Å². The summed E-state index contributed by atoms with van der Waals surface area (Å²) in [5, 5.41) is 9.83. The van der Waals surface area contributed by atoms with Crippen LogP contribution in [0.15, 0.2) is 60.8 Å². The SMILES string of the molecule is CC/C=C\C/C=C\C/C=C\CCCCCCCC(=O)OC(COC(=O)CCCCCCCCCCC/C=C\CCCCCCCC)COP(=O)(O)OCC(CO)OC(=O)CCCCCCC/C=C\CCCCCCCC. The minimum Gasteiger partial charge on any atom is -0.462 e. The van der Waals surface area contributed by atoms with Gasteiger partial charge in [-0.25, -0.2) is 4.57 Å². The smallest absolute Gasteiger partial charge is 0.462 e. The summed E-state index contributed by atoms with van der Waals surface area (Å²) in [6.07, 6.45) is 64.6. The summed E-state index contributed by atoms with van der Waals surface area (Å²) >= 11 is 0. The molecule has 0 aliphatic carbocycles. The van der Waals surface area contributed by atoms with Gasteiger partial charge in [-0.05, 0) is 103 Å². The summed E-state index contributed by atoms with van der Waals surface area (Å²) in [6, 6.07) is 0. The fourth-order valence-corrected chi connectivity index (χ4v) is 9.44. The van der Waals surface area contributed by atoms with E-state index in [0.29, 0.717) is 19.3 Å². The summed E-state index contributed by atoms with van der Waals surface area (Å²) in [6.45, 7) is 4.53. The molecule has 0 spiro atoms. The minimum atomic E-state index is -4.76. The predicted octanol–water partition coefficient (Wildman–Crippen LogP) is 18.7. The lowest BCUT2D eigenvalue weighted by Crippen LogP contribution is -2.30.